The quantitative estimate of drug-likeness (QED) is 0.443. The first kappa shape index (κ1) is 17.4. The molecule has 0 spiro atoms. The van der Waals surface area contributed by atoms with E-state index in [0.29, 0.717) is 6.54 Å². The Labute approximate surface area is 142 Å². The zero-order valence-electron chi connectivity index (χ0n) is 13.8. The Hall–Kier alpha value is -1.95. The first-order valence-corrected chi connectivity index (χ1v) is 9.26. The maximum absolute atomic E-state index is 4.66. The third kappa shape index (κ3) is 6.36. The van der Waals surface area contributed by atoms with E-state index in [1.807, 2.05) is 24.3 Å². The summed E-state index contributed by atoms with van der Waals surface area (Å²) in [6.45, 7) is 5.38. The molecule has 2 N–H and O–H groups in total. The molecule has 0 saturated carbocycles. The van der Waals surface area contributed by atoms with E-state index in [1.165, 1.54) is 11.1 Å². The van der Waals surface area contributed by atoms with E-state index in [0.717, 1.165) is 31.3 Å². The number of thioether (sulfide) groups is 1. The molecule has 1 aromatic carbocycles. The van der Waals surface area contributed by atoms with Crippen molar-refractivity contribution in [2.75, 3.05) is 25.1 Å². The summed E-state index contributed by atoms with van der Waals surface area (Å²) in [4.78, 5) is 8.74. The molecule has 23 heavy (non-hydrogen) atoms. The van der Waals surface area contributed by atoms with Crippen LogP contribution in [0.5, 0.6) is 0 Å². The van der Waals surface area contributed by atoms with Crippen molar-refractivity contribution in [3.05, 3.63) is 54.1 Å². The molecule has 0 amide bonds. The molecule has 0 bridgehead atoms. The lowest BCUT2D eigenvalue weighted by Gasteiger charge is -2.11. The molecule has 0 saturated heterocycles. The second-order valence-electron chi connectivity index (χ2n) is 5.17. The molecule has 6 heteroatoms. The van der Waals surface area contributed by atoms with Crippen molar-refractivity contribution in [3.63, 3.8) is 0 Å². The average Bonchev–Trinajstić information content (AvgIpc) is 3.06. The summed E-state index contributed by atoms with van der Waals surface area (Å²) >= 11 is 1.83. The van der Waals surface area contributed by atoms with E-state index in [9.17, 15) is 0 Å². The lowest BCUT2D eigenvalue weighted by Crippen LogP contribution is -2.38. The van der Waals surface area contributed by atoms with Crippen LogP contribution in [-0.2, 0) is 13.1 Å². The Bertz CT molecular complexity index is 595. The summed E-state index contributed by atoms with van der Waals surface area (Å²) in [6.07, 6.45) is 7.72. The molecule has 0 aliphatic carbocycles. The highest BCUT2D eigenvalue weighted by molar-refractivity contribution is 7.98. The topological polar surface area (TPSA) is 54.2 Å². The van der Waals surface area contributed by atoms with Gasteiger partial charge in [-0.3, -0.25) is 0 Å². The smallest absolute Gasteiger partial charge is 0.191 e. The maximum Gasteiger partial charge on any atom is 0.191 e. The van der Waals surface area contributed by atoms with E-state index in [1.54, 1.807) is 6.20 Å². The van der Waals surface area contributed by atoms with Crippen LogP contribution in [-0.4, -0.2) is 40.6 Å². The van der Waals surface area contributed by atoms with Crippen LogP contribution in [0.4, 0.5) is 0 Å². The summed E-state index contributed by atoms with van der Waals surface area (Å²) in [5.41, 5.74) is 2.47. The molecular weight excluding hydrogens is 306 g/mol. The second kappa shape index (κ2) is 9.94. The minimum atomic E-state index is 0.673. The van der Waals surface area contributed by atoms with Crippen molar-refractivity contribution < 1.29 is 0 Å². The predicted octanol–water partition coefficient (Wildman–Crippen LogP) is 2.35. The number of hydrogen-bond donors (Lipinski definition) is 2. The molecule has 0 radical (unpaired) electrons. The molecule has 5 nitrogen and oxygen atoms in total. The van der Waals surface area contributed by atoms with Crippen molar-refractivity contribution in [1.29, 1.82) is 0 Å². The number of benzene rings is 1. The first-order chi connectivity index (χ1) is 11.3. The van der Waals surface area contributed by atoms with E-state index in [-0.39, 0.29) is 0 Å². The van der Waals surface area contributed by atoms with Crippen LogP contribution < -0.4 is 10.6 Å². The van der Waals surface area contributed by atoms with Gasteiger partial charge >= 0.3 is 0 Å². The fourth-order valence-electron chi connectivity index (χ4n) is 2.20. The van der Waals surface area contributed by atoms with Crippen LogP contribution in [0.3, 0.4) is 0 Å². The van der Waals surface area contributed by atoms with Gasteiger partial charge in [0.1, 0.15) is 0 Å². The first-order valence-electron chi connectivity index (χ1n) is 7.86. The van der Waals surface area contributed by atoms with Gasteiger partial charge in [0.25, 0.3) is 0 Å². The van der Waals surface area contributed by atoms with Gasteiger partial charge in [0, 0.05) is 37.8 Å². The van der Waals surface area contributed by atoms with E-state index < -0.39 is 0 Å². The Morgan fingerprint density at radius 2 is 2.17 bits per heavy atom. The molecule has 2 rings (SSSR count). The molecule has 0 aliphatic rings. The third-order valence-electron chi connectivity index (χ3n) is 3.28. The van der Waals surface area contributed by atoms with E-state index >= 15 is 0 Å². The molecule has 1 heterocycles. The number of aliphatic imine (C=N–C) groups is 1. The van der Waals surface area contributed by atoms with Crippen molar-refractivity contribution in [3.8, 4) is 0 Å². The lowest BCUT2D eigenvalue weighted by molar-refractivity contribution is 0.794. The summed E-state index contributed by atoms with van der Waals surface area (Å²) in [5, 5.41) is 6.63. The number of guanidine groups is 1. The Morgan fingerprint density at radius 3 is 2.91 bits per heavy atom. The molecule has 0 atom stereocenters. The van der Waals surface area contributed by atoms with Gasteiger partial charge in [-0.25, -0.2) is 9.98 Å². The summed E-state index contributed by atoms with van der Waals surface area (Å²) in [7, 11) is 0. The number of aromatic nitrogens is 2. The molecular formula is C17H25N5S. The van der Waals surface area contributed by atoms with Gasteiger partial charge in [-0.15, -0.1) is 0 Å². The summed E-state index contributed by atoms with van der Waals surface area (Å²) in [6, 6.07) is 8.54. The predicted molar refractivity (Wildman–Crippen MR) is 99.0 cm³/mol. The number of nitrogens with zero attached hydrogens (tertiary/aromatic N) is 3. The highest BCUT2D eigenvalue weighted by atomic mass is 32.2. The van der Waals surface area contributed by atoms with Gasteiger partial charge in [0.05, 0.1) is 12.9 Å². The normalized spacial score (nSPS) is 11.5. The van der Waals surface area contributed by atoms with Crippen molar-refractivity contribution >= 4 is 17.7 Å². The number of imidazole rings is 1. The fraction of sp³-hybridized carbons (Fsp3) is 0.412. The van der Waals surface area contributed by atoms with Gasteiger partial charge in [-0.1, -0.05) is 24.3 Å². The third-order valence-corrected chi connectivity index (χ3v) is 3.89. The Morgan fingerprint density at radius 1 is 1.30 bits per heavy atom. The van der Waals surface area contributed by atoms with Gasteiger partial charge in [0.15, 0.2) is 5.96 Å². The van der Waals surface area contributed by atoms with Crippen LogP contribution in [0.15, 0.2) is 48.0 Å². The largest absolute Gasteiger partial charge is 0.357 e. The second-order valence-corrected chi connectivity index (χ2v) is 6.16. The van der Waals surface area contributed by atoms with E-state index in [4.69, 9.17) is 0 Å². The number of rotatable bonds is 8. The van der Waals surface area contributed by atoms with Gasteiger partial charge in [-0.2, -0.15) is 11.8 Å². The zero-order chi connectivity index (χ0) is 16.3. The van der Waals surface area contributed by atoms with Crippen molar-refractivity contribution in [1.82, 2.24) is 20.2 Å². The zero-order valence-corrected chi connectivity index (χ0v) is 14.6. The van der Waals surface area contributed by atoms with Crippen LogP contribution in [0.1, 0.15) is 18.1 Å². The summed E-state index contributed by atoms with van der Waals surface area (Å²) < 4.78 is 2.07. The molecule has 2 aromatic rings. The van der Waals surface area contributed by atoms with Crippen LogP contribution in [0.2, 0.25) is 0 Å². The van der Waals surface area contributed by atoms with Crippen molar-refractivity contribution in [2.24, 2.45) is 4.99 Å². The van der Waals surface area contributed by atoms with Crippen LogP contribution in [0.25, 0.3) is 0 Å². The monoisotopic (exact) mass is 331 g/mol. The van der Waals surface area contributed by atoms with Gasteiger partial charge in [0.2, 0.25) is 0 Å². The van der Waals surface area contributed by atoms with Crippen molar-refractivity contribution in [2.45, 2.75) is 20.0 Å². The number of hydrogen-bond acceptors (Lipinski definition) is 3. The molecule has 0 unspecified atom stereocenters. The standard InChI is InChI=1S/C17H25N5S/c1-3-19-17(20-8-10-23-2)21-12-15-5-4-6-16(11-15)13-22-9-7-18-14-22/h4-7,9,11,14H,3,8,10,12-13H2,1-2H3,(H2,19,20,21). The minimum absolute atomic E-state index is 0.673. The lowest BCUT2D eigenvalue weighted by atomic mass is 10.1. The van der Waals surface area contributed by atoms with Gasteiger partial charge < -0.3 is 15.2 Å². The summed E-state index contributed by atoms with van der Waals surface area (Å²) in [5.74, 6) is 1.95. The van der Waals surface area contributed by atoms with Crippen LogP contribution in [0, 0.1) is 0 Å². The average molecular weight is 331 g/mol. The molecule has 0 fully saturated rings. The molecule has 1 aromatic heterocycles. The maximum atomic E-state index is 4.66. The Balaban J connectivity index is 1.95. The van der Waals surface area contributed by atoms with Gasteiger partial charge in [-0.05, 0) is 24.3 Å². The van der Waals surface area contributed by atoms with Crippen LogP contribution >= 0.6 is 11.8 Å². The fourth-order valence-corrected chi connectivity index (χ4v) is 2.51. The minimum Gasteiger partial charge on any atom is -0.357 e. The number of nitrogens with one attached hydrogen (secondary N) is 2. The molecule has 124 valence electrons. The molecule has 0 aliphatic heterocycles. The Kier molecular flexibility index (Phi) is 7.52. The van der Waals surface area contributed by atoms with E-state index in [2.05, 4.69) is 62.6 Å². The highest BCUT2D eigenvalue weighted by Crippen LogP contribution is 2.08. The SMILES string of the molecule is CCNC(=NCc1cccc(Cn2ccnc2)c1)NCCSC. The highest BCUT2D eigenvalue weighted by Gasteiger charge is 1.99.